The van der Waals surface area contributed by atoms with Gasteiger partial charge < -0.3 is 23.8 Å². The predicted molar refractivity (Wildman–Crippen MR) is 101 cm³/mol. The van der Waals surface area contributed by atoms with Crippen LogP contribution in [-0.4, -0.2) is 42.8 Å². The first kappa shape index (κ1) is 20.5. The molecule has 0 saturated heterocycles. The summed E-state index contributed by atoms with van der Waals surface area (Å²) in [6.45, 7) is 6.91. The molecular weight excluding hydrogens is 348 g/mol. The Kier molecular flexibility index (Phi) is 7.43. The Morgan fingerprint density at radius 1 is 1.37 bits per heavy atom. The Morgan fingerprint density at radius 2 is 2.15 bits per heavy atom. The van der Waals surface area contributed by atoms with Crippen LogP contribution < -0.4 is 5.32 Å². The minimum absolute atomic E-state index is 0.356. The summed E-state index contributed by atoms with van der Waals surface area (Å²) >= 11 is 0. The summed E-state index contributed by atoms with van der Waals surface area (Å²) < 4.78 is 17.5. The highest BCUT2D eigenvalue weighted by atomic mass is 16.5. The van der Waals surface area contributed by atoms with Gasteiger partial charge in [-0.3, -0.25) is 4.79 Å². The van der Waals surface area contributed by atoms with E-state index in [9.17, 15) is 9.59 Å². The third-order valence-electron chi connectivity index (χ3n) is 4.17. The minimum Gasteiger partial charge on any atom is -0.467 e. The summed E-state index contributed by atoms with van der Waals surface area (Å²) in [7, 11) is 1.55. The van der Waals surface area contributed by atoms with E-state index in [0.29, 0.717) is 19.7 Å². The van der Waals surface area contributed by atoms with Crippen LogP contribution in [0, 0.1) is 13.8 Å². The summed E-state index contributed by atoms with van der Waals surface area (Å²) in [6.07, 6.45) is 3.80. The molecule has 0 aliphatic rings. The third kappa shape index (κ3) is 5.86. The SMILES string of the molecule is COCCNC(=O)[C@H](C)OC(=O)/C=C/c1cc(C)n(Cc2ccco2)c1C. The quantitative estimate of drug-likeness (QED) is 0.414. The van der Waals surface area contributed by atoms with E-state index >= 15 is 0 Å². The van der Waals surface area contributed by atoms with E-state index in [-0.39, 0.29) is 5.91 Å². The second-order valence-electron chi connectivity index (χ2n) is 6.19. The first-order valence-corrected chi connectivity index (χ1v) is 8.76. The molecule has 0 radical (unpaired) electrons. The molecular formula is C20H26N2O5. The van der Waals surface area contributed by atoms with Crippen molar-refractivity contribution in [2.75, 3.05) is 20.3 Å². The molecule has 1 N–H and O–H groups in total. The van der Waals surface area contributed by atoms with Gasteiger partial charge in [-0.15, -0.1) is 0 Å². The summed E-state index contributed by atoms with van der Waals surface area (Å²) in [5.41, 5.74) is 2.98. The molecule has 1 atom stereocenters. The second-order valence-corrected chi connectivity index (χ2v) is 6.19. The second kappa shape index (κ2) is 9.78. The standard InChI is InChI=1S/C20H26N2O5/c1-14-12-17(15(2)22(14)13-18-6-5-10-26-18)7-8-19(23)27-16(3)20(24)21-9-11-25-4/h5-8,10,12,16H,9,11,13H2,1-4H3,(H,21,24)/b8-7+/t16-/m0/s1. The number of aromatic nitrogens is 1. The van der Waals surface area contributed by atoms with E-state index in [2.05, 4.69) is 9.88 Å². The normalized spacial score (nSPS) is 12.3. The largest absolute Gasteiger partial charge is 0.467 e. The Morgan fingerprint density at radius 3 is 2.81 bits per heavy atom. The van der Waals surface area contributed by atoms with Gasteiger partial charge in [0.15, 0.2) is 6.10 Å². The first-order chi connectivity index (χ1) is 12.9. The van der Waals surface area contributed by atoms with Crippen molar-refractivity contribution in [3.05, 3.63) is 53.2 Å². The third-order valence-corrected chi connectivity index (χ3v) is 4.17. The van der Waals surface area contributed by atoms with Crippen LogP contribution in [0.4, 0.5) is 0 Å². The smallest absolute Gasteiger partial charge is 0.331 e. The minimum atomic E-state index is -0.870. The zero-order chi connectivity index (χ0) is 19.8. The predicted octanol–water partition coefficient (Wildman–Crippen LogP) is 2.45. The molecule has 0 spiro atoms. The van der Waals surface area contributed by atoms with Gasteiger partial charge >= 0.3 is 5.97 Å². The average molecular weight is 374 g/mol. The van der Waals surface area contributed by atoms with Gasteiger partial charge in [-0.05, 0) is 50.6 Å². The van der Waals surface area contributed by atoms with Crippen LogP contribution in [0.3, 0.4) is 0 Å². The fraction of sp³-hybridized carbons (Fsp3) is 0.400. The van der Waals surface area contributed by atoms with Crippen LogP contribution in [0.25, 0.3) is 6.08 Å². The zero-order valence-corrected chi connectivity index (χ0v) is 16.2. The van der Waals surface area contributed by atoms with E-state index in [4.69, 9.17) is 13.9 Å². The molecule has 0 fully saturated rings. The summed E-state index contributed by atoms with van der Waals surface area (Å²) in [6, 6.07) is 5.76. The Bertz CT molecular complexity index is 790. The average Bonchev–Trinajstić information content (AvgIpc) is 3.24. The van der Waals surface area contributed by atoms with Crippen LogP contribution in [0.5, 0.6) is 0 Å². The van der Waals surface area contributed by atoms with Gasteiger partial charge in [0, 0.05) is 31.1 Å². The molecule has 0 bridgehead atoms. The number of hydrogen-bond donors (Lipinski definition) is 1. The van der Waals surface area contributed by atoms with E-state index in [0.717, 1.165) is 22.7 Å². The number of furan rings is 1. The van der Waals surface area contributed by atoms with Crippen LogP contribution in [0.2, 0.25) is 0 Å². The number of rotatable bonds is 9. The van der Waals surface area contributed by atoms with Crippen molar-refractivity contribution >= 4 is 18.0 Å². The maximum Gasteiger partial charge on any atom is 0.331 e. The summed E-state index contributed by atoms with van der Waals surface area (Å²) in [5, 5.41) is 2.63. The van der Waals surface area contributed by atoms with Gasteiger partial charge in [0.1, 0.15) is 5.76 Å². The molecule has 7 nitrogen and oxygen atoms in total. The number of methoxy groups -OCH3 is 1. The van der Waals surface area contributed by atoms with Crippen LogP contribution in [0.15, 0.2) is 35.0 Å². The Balaban J connectivity index is 1.95. The molecule has 146 valence electrons. The lowest BCUT2D eigenvalue weighted by Gasteiger charge is -2.11. The molecule has 27 heavy (non-hydrogen) atoms. The molecule has 7 heteroatoms. The van der Waals surface area contributed by atoms with Crippen molar-refractivity contribution in [1.82, 2.24) is 9.88 Å². The fourth-order valence-electron chi connectivity index (χ4n) is 2.64. The van der Waals surface area contributed by atoms with Gasteiger partial charge in [0.25, 0.3) is 5.91 Å². The van der Waals surface area contributed by atoms with Gasteiger partial charge in [0.05, 0.1) is 19.4 Å². The van der Waals surface area contributed by atoms with Crippen LogP contribution >= 0.6 is 0 Å². The highest BCUT2D eigenvalue weighted by Gasteiger charge is 2.16. The van der Waals surface area contributed by atoms with Crippen molar-refractivity contribution in [3.8, 4) is 0 Å². The Hall–Kier alpha value is -2.80. The molecule has 2 aromatic rings. The van der Waals surface area contributed by atoms with Gasteiger partial charge in [-0.25, -0.2) is 4.79 Å². The number of carbonyl (C=O) groups excluding carboxylic acids is 2. The van der Waals surface area contributed by atoms with E-state index in [1.54, 1.807) is 19.4 Å². The maximum atomic E-state index is 12.0. The van der Waals surface area contributed by atoms with Gasteiger partial charge in [-0.2, -0.15) is 0 Å². The molecule has 0 unspecified atom stereocenters. The number of carbonyl (C=O) groups is 2. The first-order valence-electron chi connectivity index (χ1n) is 8.76. The van der Waals surface area contributed by atoms with Crippen molar-refractivity contribution in [2.24, 2.45) is 0 Å². The highest BCUT2D eigenvalue weighted by Crippen LogP contribution is 2.18. The lowest BCUT2D eigenvalue weighted by molar-refractivity contribution is -0.150. The van der Waals surface area contributed by atoms with E-state index in [1.165, 1.54) is 13.0 Å². The van der Waals surface area contributed by atoms with Crippen LogP contribution in [0.1, 0.15) is 29.6 Å². The molecule has 2 aromatic heterocycles. The molecule has 2 heterocycles. The topological polar surface area (TPSA) is 82.7 Å². The number of aryl methyl sites for hydroxylation is 1. The van der Waals surface area contributed by atoms with E-state index < -0.39 is 12.1 Å². The number of hydrogen-bond acceptors (Lipinski definition) is 5. The molecule has 0 aromatic carbocycles. The summed E-state index contributed by atoms with van der Waals surface area (Å²) in [4.78, 5) is 23.8. The lowest BCUT2D eigenvalue weighted by Crippen LogP contribution is -2.37. The lowest BCUT2D eigenvalue weighted by atomic mass is 10.2. The fourth-order valence-corrected chi connectivity index (χ4v) is 2.64. The monoisotopic (exact) mass is 374 g/mol. The van der Waals surface area contributed by atoms with Gasteiger partial charge in [-0.1, -0.05) is 0 Å². The van der Waals surface area contributed by atoms with Crippen molar-refractivity contribution in [2.45, 2.75) is 33.4 Å². The van der Waals surface area contributed by atoms with Gasteiger partial charge in [0.2, 0.25) is 0 Å². The number of nitrogens with zero attached hydrogens (tertiary/aromatic N) is 1. The maximum absolute atomic E-state index is 12.0. The molecule has 1 amide bonds. The van der Waals surface area contributed by atoms with Crippen LogP contribution in [-0.2, 0) is 25.6 Å². The number of ether oxygens (including phenoxy) is 2. The summed E-state index contributed by atoms with van der Waals surface area (Å²) in [5.74, 6) is -0.0642. The van der Waals surface area contributed by atoms with Crippen molar-refractivity contribution in [1.29, 1.82) is 0 Å². The Labute approximate surface area is 158 Å². The van der Waals surface area contributed by atoms with E-state index in [1.807, 2.05) is 32.0 Å². The highest BCUT2D eigenvalue weighted by molar-refractivity contribution is 5.90. The number of esters is 1. The molecule has 2 rings (SSSR count). The molecule has 0 saturated carbocycles. The van der Waals surface area contributed by atoms with Crippen molar-refractivity contribution < 1.29 is 23.5 Å². The molecule has 0 aliphatic carbocycles. The zero-order valence-electron chi connectivity index (χ0n) is 16.2. The number of nitrogens with one attached hydrogen (secondary N) is 1. The molecule has 0 aliphatic heterocycles. The van der Waals surface area contributed by atoms with Crippen molar-refractivity contribution in [3.63, 3.8) is 0 Å². The number of amides is 1.